The summed E-state index contributed by atoms with van der Waals surface area (Å²) in [5.41, 5.74) is 2.72. The number of aliphatic imine (C=N–C) groups is 1. The molecule has 1 heterocycles. The van der Waals surface area contributed by atoms with E-state index in [-0.39, 0.29) is 24.0 Å². The summed E-state index contributed by atoms with van der Waals surface area (Å²) in [6.07, 6.45) is 3.71. The average molecular weight is 472 g/mol. The van der Waals surface area contributed by atoms with Gasteiger partial charge in [0.25, 0.3) is 0 Å². The smallest absolute Gasteiger partial charge is 0.193 e. The Morgan fingerprint density at radius 1 is 1.27 bits per heavy atom. The van der Waals surface area contributed by atoms with E-state index in [9.17, 15) is 0 Å². The van der Waals surface area contributed by atoms with Crippen LogP contribution in [-0.2, 0) is 13.0 Å². The van der Waals surface area contributed by atoms with Gasteiger partial charge in [0.2, 0.25) is 0 Å². The molecule has 1 aliphatic rings. The summed E-state index contributed by atoms with van der Waals surface area (Å²) in [4.78, 5) is 9.28. The number of nitrogens with zero attached hydrogens (tertiary/aromatic N) is 3. The minimum atomic E-state index is 0. The van der Waals surface area contributed by atoms with Crippen molar-refractivity contribution in [1.82, 2.24) is 15.1 Å². The quantitative estimate of drug-likeness (QED) is 0.386. The molecule has 2 rings (SSSR count). The Kier molecular flexibility index (Phi) is 10.5. The number of likely N-dealkylation sites (tertiary alicyclic amines) is 1. The van der Waals surface area contributed by atoms with Crippen LogP contribution in [0.4, 0.5) is 0 Å². The zero-order valence-corrected chi connectivity index (χ0v) is 19.5. The number of guanidine groups is 1. The second kappa shape index (κ2) is 11.8. The van der Waals surface area contributed by atoms with Crippen LogP contribution in [0.25, 0.3) is 0 Å². The molecule has 1 fully saturated rings. The maximum absolute atomic E-state index is 4.47. The first-order chi connectivity index (χ1) is 12.0. The lowest BCUT2D eigenvalue weighted by Gasteiger charge is -2.36. The molecule has 5 heteroatoms. The first-order valence-corrected chi connectivity index (χ1v) is 9.77. The van der Waals surface area contributed by atoms with E-state index in [0.29, 0.717) is 12.0 Å². The fraction of sp³-hybridized carbons (Fsp3) is 0.667. The van der Waals surface area contributed by atoms with Gasteiger partial charge in [0.15, 0.2) is 5.96 Å². The van der Waals surface area contributed by atoms with Crippen LogP contribution >= 0.6 is 24.0 Å². The van der Waals surface area contributed by atoms with Crippen molar-refractivity contribution >= 4 is 29.9 Å². The fourth-order valence-corrected chi connectivity index (χ4v) is 3.58. The summed E-state index contributed by atoms with van der Waals surface area (Å²) in [5, 5.41) is 3.59. The van der Waals surface area contributed by atoms with Gasteiger partial charge in [0.05, 0.1) is 0 Å². The van der Waals surface area contributed by atoms with E-state index in [1.54, 1.807) is 0 Å². The fourth-order valence-electron chi connectivity index (χ4n) is 3.58. The molecule has 0 radical (unpaired) electrons. The summed E-state index contributed by atoms with van der Waals surface area (Å²) < 4.78 is 0. The average Bonchev–Trinajstić information content (AvgIpc) is 2.63. The Bertz CT molecular complexity index is 541. The molecule has 4 nitrogen and oxygen atoms in total. The van der Waals surface area contributed by atoms with Gasteiger partial charge in [-0.25, -0.2) is 0 Å². The third-order valence-corrected chi connectivity index (χ3v) is 5.25. The standard InChI is InChI=1S/C21H36N4.HI/c1-6-18-9-11-19(12-10-18)15-24(5)21(22-4)23-14-20-8-7-13-25(16-20)17(2)3;/h9-12,17,20H,6-8,13-16H2,1-5H3,(H,22,23);1H. The number of halogens is 1. The van der Waals surface area contributed by atoms with Gasteiger partial charge in [-0.05, 0) is 56.7 Å². The van der Waals surface area contributed by atoms with Gasteiger partial charge in [-0.15, -0.1) is 24.0 Å². The van der Waals surface area contributed by atoms with E-state index in [1.807, 2.05) is 7.05 Å². The summed E-state index contributed by atoms with van der Waals surface area (Å²) in [5.74, 6) is 1.70. The molecule has 0 bridgehead atoms. The number of hydrogen-bond donors (Lipinski definition) is 1. The molecular weight excluding hydrogens is 435 g/mol. The third kappa shape index (κ3) is 7.06. The highest BCUT2D eigenvalue weighted by Gasteiger charge is 2.22. The number of rotatable bonds is 6. The van der Waals surface area contributed by atoms with Gasteiger partial charge >= 0.3 is 0 Å². The minimum absolute atomic E-state index is 0. The lowest BCUT2D eigenvalue weighted by Crippen LogP contribution is -2.46. The largest absolute Gasteiger partial charge is 0.356 e. The summed E-state index contributed by atoms with van der Waals surface area (Å²) in [6, 6.07) is 9.55. The summed E-state index contributed by atoms with van der Waals surface area (Å²) >= 11 is 0. The highest BCUT2D eigenvalue weighted by Crippen LogP contribution is 2.17. The van der Waals surface area contributed by atoms with Crippen molar-refractivity contribution in [2.24, 2.45) is 10.9 Å². The molecule has 0 amide bonds. The van der Waals surface area contributed by atoms with E-state index < -0.39 is 0 Å². The topological polar surface area (TPSA) is 30.9 Å². The first kappa shape index (κ1) is 23.2. The predicted molar refractivity (Wildman–Crippen MR) is 123 cm³/mol. The van der Waals surface area contributed by atoms with E-state index in [1.165, 1.54) is 37.1 Å². The lowest BCUT2D eigenvalue weighted by molar-refractivity contribution is 0.140. The van der Waals surface area contributed by atoms with Crippen LogP contribution in [0.5, 0.6) is 0 Å². The normalized spacial score (nSPS) is 18.5. The van der Waals surface area contributed by atoms with E-state index >= 15 is 0 Å². The maximum atomic E-state index is 4.47. The summed E-state index contributed by atoms with van der Waals surface area (Å²) in [6.45, 7) is 11.1. The Morgan fingerprint density at radius 2 is 1.92 bits per heavy atom. The second-order valence-corrected chi connectivity index (χ2v) is 7.55. The predicted octanol–water partition coefficient (Wildman–Crippen LogP) is 3.99. The molecule has 0 saturated carbocycles. The SMILES string of the molecule is CCc1ccc(CN(C)C(=NC)NCC2CCCN(C(C)C)C2)cc1.I. The van der Waals surface area contributed by atoms with E-state index in [2.05, 4.69) is 72.2 Å². The van der Waals surface area contributed by atoms with Crippen LogP contribution in [0.1, 0.15) is 44.7 Å². The molecule has 148 valence electrons. The summed E-state index contributed by atoms with van der Waals surface area (Å²) in [7, 11) is 3.99. The Hall–Kier alpha value is -0.820. The van der Waals surface area contributed by atoms with E-state index in [0.717, 1.165) is 25.5 Å². The molecule has 0 aliphatic carbocycles. The first-order valence-electron chi connectivity index (χ1n) is 9.77. The second-order valence-electron chi connectivity index (χ2n) is 7.55. The van der Waals surface area contributed by atoms with Crippen LogP contribution in [0, 0.1) is 5.92 Å². The molecule has 0 aromatic heterocycles. The molecule has 0 spiro atoms. The van der Waals surface area contributed by atoms with Crippen LogP contribution in [0.3, 0.4) is 0 Å². The van der Waals surface area contributed by atoms with Gasteiger partial charge in [0.1, 0.15) is 0 Å². The zero-order valence-electron chi connectivity index (χ0n) is 17.2. The lowest BCUT2D eigenvalue weighted by atomic mass is 9.97. The number of hydrogen-bond acceptors (Lipinski definition) is 2. The van der Waals surface area contributed by atoms with Crippen molar-refractivity contribution in [1.29, 1.82) is 0 Å². The minimum Gasteiger partial charge on any atom is -0.356 e. The van der Waals surface area contributed by atoms with Crippen molar-refractivity contribution in [2.45, 2.75) is 52.6 Å². The molecule has 1 N–H and O–H groups in total. The molecule has 1 aromatic carbocycles. The monoisotopic (exact) mass is 472 g/mol. The van der Waals surface area contributed by atoms with Gasteiger partial charge < -0.3 is 15.1 Å². The number of aryl methyl sites for hydroxylation is 1. The van der Waals surface area contributed by atoms with Crippen molar-refractivity contribution < 1.29 is 0 Å². The molecule has 1 aromatic rings. The number of benzene rings is 1. The molecule has 1 unspecified atom stereocenters. The molecular formula is C21H37IN4. The highest BCUT2D eigenvalue weighted by atomic mass is 127. The highest BCUT2D eigenvalue weighted by molar-refractivity contribution is 14.0. The van der Waals surface area contributed by atoms with Crippen molar-refractivity contribution in [2.75, 3.05) is 33.7 Å². The van der Waals surface area contributed by atoms with Gasteiger partial charge in [-0.1, -0.05) is 31.2 Å². The molecule has 26 heavy (non-hydrogen) atoms. The van der Waals surface area contributed by atoms with E-state index in [4.69, 9.17) is 0 Å². The Balaban J connectivity index is 0.00000338. The molecule has 1 aliphatic heterocycles. The van der Waals surface area contributed by atoms with Crippen LogP contribution in [0.15, 0.2) is 29.3 Å². The Labute approximate surface area is 177 Å². The third-order valence-electron chi connectivity index (χ3n) is 5.25. The van der Waals surface area contributed by atoms with Crippen molar-refractivity contribution in [3.05, 3.63) is 35.4 Å². The number of nitrogens with one attached hydrogen (secondary N) is 1. The van der Waals surface area contributed by atoms with Gasteiger partial charge in [-0.2, -0.15) is 0 Å². The van der Waals surface area contributed by atoms with Gasteiger partial charge in [0, 0.05) is 39.8 Å². The maximum Gasteiger partial charge on any atom is 0.193 e. The van der Waals surface area contributed by atoms with Crippen molar-refractivity contribution in [3.8, 4) is 0 Å². The zero-order chi connectivity index (χ0) is 18.2. The van der Waals surface area contributed by atoms with Crippen LogP contribution in [-0.4, -0.2) is 55.5 Å². The molecule has 1 saturated heterocycles. The van der Waals surface area contributed by atoms with Crippen LogP contribution in [0.2, 0.25) is 0 Å². The van der Waals surface area contributed by atoms with Crippen LogP contribution < -0.4 is 5.32 Å². The van der Waals surface area contributed by atoms with Gasteiger partial charge in [-0.3, -0.25) is 4.99 Å². The Morgan fingerprint density at radius 3 is 2.50 bits per heavy atom. The molecule has 1 atom stereocenters. The number of piperidine rings is 1. The van der Waals surface area contributed by atoms with Crippen molar-refractivity contribution in [3.63, 3.8) is 0 Å².